The van der Waals surface area contributed by atoms with E-state index in [-0.39, 0.29) is 5.56 Å². The summed E-state index contributed by atoms with van der Waals surface area (Å²) in [6.07, 6.45) is 6.67. The lowest BCUT2D eigenvalue weighted by Crippen LogP contribution is -1.94. The molecule has 2 aromatic rings. The molecule has 0 bridgehead atoms. The fourth-order valence-corrected chi connectivity index (χ4v) is 2.19. The summed E-state index contributed by atoms with van der Waals surface area (Å²) in [5, 5.41) is 8.85. The molecule has 0 aliphatic rings. The van der Waals surface area contributed by atoms with Crippen molar-refractivity contribution < 1.29 is 9.90 Å². The van der Waals surface area contributed by atoms with Crippen LogP contribution in [0.15, 0.2) is 53.5 Å². The first-order chi connectivity index (χ1) is 10.7. The maximum absolute atomic E-state index is 10.8. The number of nitrogens with zero attached hydrogens (tertiary/aromatic N) is 1. The smallest absolute Gasteiger partial charge is 0.335 e. The normalized spacial score (nSPS) is 11.0. The largest absolute Gasteiger partial charge is 0.478 e. The topological polar surface area (TPSA) is 49.7 Å². The van der Waals surface area contributed by atoms with Crippen LogP contribution in [0.4, 0.5) is 5.69 Å². The second kappa shape index (κ2) is 8.13. The third-order valence-electron chi connectivity index (χ3n) is 3.53. The quantitative estimate of drug-likeness (QED) is 0.585. The van der Waals surface area contributed by atoms with E-state index in [4.69, 9.17) is 5.11 Å². The minimum Gasteiger partial charge on any atom is -0.478 e. The Bertz CT molecular complexity index is 627. The van der Waals surface area contributed by atoms with Crippen LogP contribution in [-0.4, -0.2) is 17.3 Å². The number of rotatable bonds is 7. The van der Waals surface area contributed by atoms with Gasteiger partial charge in [-0.2, -0.15) is 0 Å². The van der Waals surface area contributed by atoms with E-state index >= 15 is 0 Å². The first-order valence-corrected chi connectivity index (χ1v) is 7.65. The molecular weight excluding hydrogens is 274 g/mol. The van der Waals surface area contributed by atoms with Crippen LogP contribution in [-0.2, 0) is 6.42 Å². The van der Waals surface area contributed by atoms with Crippen LogP contribution < -0.4 is 0 Å². The number of aryl methyl sites for hydroxylation is 1. The Balaban J connectivity index is 1.96. The molecule has 0 saturated heterocycles. The molecule has 1 N–H and O–H groups in total. The molecule has 2 rings (SSSR count). The molecule has 0 amide bonds. The van der Waals surface area contributed by atoms with Gasteiger partial charge in [0.05, 0.1) is 11.3 Å². The standard InChI is InChI=1S/C19H21NO2/c1-2-3-4-5-15-6-8-16(9-7-15)14-20-18-12-10-17(11-13-18)19(21)22/h6-14H,2-5H2,1H3,(H,21,22). The van der Waals surface area contributed by atoms with E-state index in [1.807, 2.05) is 0 Å². The molecule has 0 aliphatic carbocycles. The molecule has 3 heteroatoms. The van der Waals surface area contributed by atoms with Crippen molar-refractivity contribution in [3.05, 3.63) is 65.2 Å². The number of carbonyl (C=O) groups is 1. The summed E-state index contributed by atoms with van der Waals surface area (Å²) in [4.78, 5) is 15.1. The first-order valence-electron chi connectivity index (χ1n) is 7.65. The van der Waals surface area contributed by atoms with E-state index in [2.05, 4.69) is 36.2 Å². The zero-order valence-corrected chi connectivity index (χ0v) is 12.8. The number of aliphatic imine (C=N–C) groups is 1. The SMILES string of the molecule is CCCCCc1ccc(C=Nc2ccc(C(=O)O)cc2)cc1. The van der Waals surface area contributed by atoms with Crippen LogP contribution in [0.25, 0.3) is 0 Å². The molecule has 22 heavy (non-hydrogen) atoms. The summed E-state index contributed by atoms with van der Waals surface area (Å²) in [7, 11) is 0. The first kappa shape index (κ1) is 16.0. The molecule has 0 unspecified atom stereocenters. The van der Waals surface area contributed by atoms with Gasteiger partial charge in [-0.05, 0) is 48.2 Å². The Kier molecular flexibility index (Phi) is 5.90. The van der Waals surface area contributed by atoms with Gasteiger partial charge in [0.25, 0.3) is 0 Å². The molecule has 114 valence electrons. The molecule has 0 heterocycles. The highest BCUT2D eigenvalue weighted by atomic mass is 16.4. The molecule has 3 nitrogen and oxygen atoms in total. The summed E-state index contributed by atoms with van der Waals surface area (Å²) < 4.78 is 0. The number of hydrogen-bond acceptors (Lipinski definition) is 2. The Morgan fingerprint density at radius 2 is 1.73 bits per heavy atom. The van der Waals surface area contributed by atoms with Gasteiger partial charge in [-0.3, -0.25) is 4.99 Å². The van der Waals surface area contributed by atoms with Crippen molar-refractivity contribution in [2.24, 2.45) is 4.99 Å². The number of carboxylic acid groups (broad SMARTS) is 1. The molecule has 0 aliphatic heterocycles. The van der Waals surface area contributed by atoms with Crippen LogP contribution in [0, 0.1) is 0 Å². The number of hydrogen-bond donors (Lipinski definition) is 1. The highest BCUT2D eigenvalue weighted by molar-refractivity contribution is 5.88. The van der Waals surface area contributed by atoms with Crippen molar-refractivity contribution in [2.45, 2.75) is 32.6 Å². The van der Waals surface area contributed by atoms with Crippen molar-refractivity contribution in [3.8, 4) is 0 Å². The highest BCUT2D eigenvalue weighted by Gasteiger charge is 2.00. The van der Waals surface area contributed by atoms with Crippen LogP contribution in [0.3, 0.4) is 0 Å². The molecule has 0 atom stereocenters. The predicted octanol–water partition coefficient (Wildman–Crippen LogP) is 4.87. The summed E-state index contributed by atoms with van der Waals surface area (Å²) in [6, 6.07) is 15.0. The maximum Gasteiger partial charge on any atom is 0.335 e. The Labute approximate surface area is 131 Å². The summed E-state index contributed by atoms with van der Waals surface area (Å²) in [5.41, 5.74) is 3.42. The Morgan fingerprint density at radius 3 is 2.32 bits per heavy atom. The molecule has 0 spiro atoms. The molecule has 2 aromatic carbocycles. The van der Waals surface area contributed by atoms with Gasteiger partial charge < -0.3 is 5.11 Å². The second-order valence-electron chi connectivity index (χ2n) is 5.31. The highest BCUT2D eigenvalue weighted by Crippen LogP contribution is 2.14. The monoisotopic (exact) mass is 295 g/mol. The van der Waals surface area contributed by atoms with E-state index in [1.165, 1.54) is 24.8 Å². The molecule has 0 radical (unpaired) electrons. The Hall–Kier alpha value is -2.42. The fraction of sp³-hybridized carbons (Fsp3) is 0.263. The lowest BCUT2D eigenvalue weighted by Gasteiger charge is -2.01. The van der Waals surface area contributed by atoms with Crippen molar-refractivity contribution in [1.29, 1.82) is 0 Å². The van der Waals surface area contributed by atoms with E-state index in [9.17, 15) is 4.79 Å². The predicted molar refractivity (Wildman–Crippen MR) is 90.3 cm³/mol. The summed E-state index contributed by atoms with van der Waals surface area (Å²) >= 11 is 0. The number of aromatic carboxylic acids is 1. The third kappa shape index (κ3) is 4.85. The molecule has 0 fully saturated rings. The maximum atomic E-state index is 10.8. The minimum atomic E-state index is -0.922. The number of carboxylic acids is 1. The van der Waals surface area contributed by atoms with Gasteiger partial charge in [-0.1, -0.05) is 44.0 Å². The van der Waals surface area contributed by atoms with Crippen molar-refractivity contribution in [1.82, 2.24) is 0 Å². The van der Waals surface area contributed by atoms with Crippen molar-refractivity contribution >= 4 is 17.9 Å². The third-order valence-corrected chi connectivity index (χ3v) is 3.53. The summed E-state index contributed by atoms with van der Waals surface area (Å²) in [5.74, 6) is -0.922. The van der Waals surface area contributed by atoms with Gasteiger partial charge in [-0.25, -0.2) is 4.79 Å². The van der Waals surface area contributed by atoms with Crippen LogP contribution in [0.1, 0.15) is 47.7 Å². The van der Waals surface area contributed by atoms with E-state index in [0.29, 0.717) is 0 Å². The summed E-state index contributed by atoms with van der Waals surface area (Å²) in [6.45, 7) is 2.21. The van der Waals surface area contributed by atoms with Gasteiger partial charge in [0.2, 0.25) is 0 Å². The van der Waals surface area contributed by atoms with E-state index < -0.39 is 5.97 Å². The van der Waals surface area contributed by atoms with Gasteiger partial charge in [0.15, 0.2) is 0 Å². The van der Waals surface area contributed by atoms with Gasteiger partial charge in [-0.15, -0.1) is 0 Å². The number of unbranched alkanes of at least 4 members (excludes halogenated alkanes) is 2. The van der Waals surface area contributed by atoms with E-state index in [1.54, 1.807) is 30.5 Å². The minimum absolute atomic E-state index is 0.274. The molecule has 0 aromatic heterocycles. The van der Waals surface area contributed by atoms with Crippen LogP contribution in [0.2, 0.25) is 0 Å². The van der Waals surface area contributed by atoms with Gasteiger partial charge >= 0.3 is 5.97 Å². The van der Waals surface area contributed by atoms with Crippen molar-refractivity contribution in [3.63, 3.8) is 0 Å². The van der Waals surface area contributed by atoms with Crippen LogP contribution >= 0.6 is 0 Å². The lowest BCUT2D eigenvalue weighted by molar-refractivity contribution is 0.0697. The van der Waals surface area contributed by atoms with Crippen molar-refractivity contribution in [2.75, 3.05) is 0 Å². The molecular formula is C19H21NO2. The van der Waals surface area contributed by atoms with Crippen LogP contribution in [0.5, 0.6) is 0 Å². The average molecular weight is 295 g/mol. The fourth-order valence-electron chi connectivity index (χ4n) is 2.19. The average Bonchev–Trinajstić information content (AvgIpc) is 2.55. The second-order valence-corrected chi connectivity index (χ2v) is 5.31. The lowest BCUT2D eigenvalue weighted by atomic mass is 10.1. The number of benzene rings is 2. The van der Waals surface area contributed by atoms with E-state index in [0.717, 1.165) is 17.7 Å². The molecule has 0 saturated carbocycles. The van der Waals surface area contributed by atoms with Gasteiger partial charge in [0.1, 0.15) is 0 Å². The van der Waals surface area contributed by atoms with Gasteiger partial charge in [0, 0.05) is 6.21 Å². The Morgan fingerprint density at radius 1 is 1.05 bits per heavy atom. The zero-order chi connectivity index (χ0) is 15.8. The zero-order valence-electron chi connectivity index (χ0n) is 12.8.